The Morgan fingerprint density at radius 2 is 2.20 bits per heavy atom. The average molecular weight is 146 g/mol. The van der Waals surface area contributed by atoms with Gasteiger partial charge in [-0.2, -0.15) is 0 Å². The highest BCUT2D eigenvalue weighted by Crippen LogP contribution is 2.19. The zero-order chi connectivity index (χ0) is 7.56. The topological polar surface area (TPSA) is 38.7 Å². The molecule has 3 nitrogen and oxygen atoms in total. The van der Waals surface area contributed by atoms with Crippen LogP contribution in [0.3, 0.4) is 0 Å². The Kier molecular flexibility index (Phi) is 2.65. The third-order valence-corrected chi connectivity index (χ3v) is 1.78. The van der Waals surface area contributed by atoms with Gasteiger partial charge >= 0.3 is 0 Å². The Balaban J connectivity index is 2.38. The molecule has 1 N–H and O–H groups in total. The normalized spacial score (nSPS) is 41.7. The Morgan fingerprint density at radius 1 is 1.50 bits per heavy atom. The monoisotopic (exact) mass is 146 g/mol. The molecule has 60 valence electrons. The van der Waals surface area contributed by atoms with E-state index < -0.39 is 12.4 Å². The van der Waals surface area contributed by atoms with Crippen LogP contribution in [0.2, 0.25) is 0 Å². The lowest BCUT2D eigenvalue weighted by molar-refractivity contribution is -0.224. The molecule has 0 radical (unpaired) electrons. The summed E-state index contributed by atoms with van der Waals surface area (Å²) in [5, 5.41) is 9.24. The van der Waals surface area contributed by atoms with Crippen LogP contribution in [0.15, 0.2) is 0 Å². The molecule has 3 atom stereocenters. The van der Waals surface area contributed by atoms with E-state index in [2.05, 4.69) is 0 Å². The second-order valence-corrected chi connectivity index (χ2v) is 2.70. The molecule has 3 heteroatoms. The van der Waals surface area contributed by atoms with Crippen molar-refractivity contribution in [1.29, 1.82) is 0 Å². The van der Waals surface area contributed by atoms with Gasteiger partial charge in [0, 0.05) is 7.11 Å². The van der Waals surface area contributed by atoms with Crippen LogP contribution >= 0.6 is 0 Å². The third-order valence-electron chi connectivity index (χ3n) is 1.78. The van der Waals surface area contributed by atoms with Gasteiger partial charge in [-0.3, -0.25) is 0 Å². The summed E-state index contributed by atoms with van der Waals surface area (Å²) >= 11 is 0. The summed E-state index contributed by atoms with van der Waals surface area (Å²) < 4.78 is 10.2. The number of aliphatic hydroxyl groups excluding tert-OH is 1. The molecule has 1 rings (SSSR count). The summed E-state index contributed by atoms with van der Waals surface area (Å²) in [5.41, 5.74) is 0. The van der Waals surface area contributed by atoms with Crippen molar-refractivity contribution < 1.29 is 14.6 Å². The van der Waals surface area contributed by atoms with E-state index in [0.29, 0.717) is 0 Å². The van der Waals surface area contributed by atoms with Crippen LogP contribution in [0.25, 0.3) is 0 Å². The van der Waals surface area contributed by atoms with Gasteiger partial charge in [0.1, 0.15) is 6.10 Å². The molecule has 0 bridgehead atoms. The van der Waals surface area contributed by atoms with Crippen LogP contribution in [-0.4, -0.2) is 30.7 Å². The van der Waals surface area contributed by atoms with Gasteiger partial charge in [0.25, 0.3) is 0 Å². The molecular weight excluding hydrogens is 132 g/mol. The fourth-order valence-electron chi connectivity index (χ4n) is 1.14. The van der Waals surface area contributed by atoms with Crippen LogP contribution in [0.1, 0.15) is 19.8 Å². The third kappa shape index (κ3) is 1.68. The van der Waals surface area contributed by atoms with Crippen molar-refractivity contribution in [2.24, 2.45) is 0 Å². The van der Waals surface area contributed by atoms with Gasteiger partial charge in [0.05, 0.1) is 6.10 Å². The van der Waals surface area contributed by atoms with E-state index in [1.54, 1.807) is 7.11 Å². The molecule has 0 aromatic carbocycles. The summed E-state index contributed by atoms with van der Waals surface area (Å²) in [4.78, 5) is 0. The maximum atomic E-state index is 9.24. The maximum absolute atomic E-state index is 9.24. The maximum Gasteiger partial charge on any atom is 0.183 e. The van der Waals surface area contributed by atoms with Gasteiger partial charge in [0.2, 0.25) is 0 Å². The predicted molar refractivity (Wildman–Crippen MR) is 36.6 cm³/mol. The second-order valence-electron chi connectivity index (χ2n) is 2.70. The quantitative estimate of drug-likeness (QED) is 0.586. The van der Waals surface area contributed by atoms with Crippen molar-refractivity contribution in [2.45, 2.75) is 38.3 Å². The zero-order valence-electron chi connectivity index (χ0n) is 6.41. The second kappa shape index (κ2) is 3.32. The lowest BCUT2D eigenvalue weighted by atomic mass is 10.1. The largest absolute Gasteiger partial charge is 0.388 e. The molecule has 0 spiro atoms. The van der Waals surface area contributed by atoms with E-state index >= 15 is 0 Å². The molecule has 0 saturated carbocycles. The van der Waals surface area contributed by atoms with Crippen LogP contribution in [0.4, 0.5) is 0 Å². The van der Waals surface area contributed by atoms with E-state index in [1.165, 1.54) is 0 Å². The van der Waals surface area contributed by atoms with Crippen LogP contribution in [0.5, 0.6) is 0 Å². The molecule has 0 aliphatic carbocycles. The highest BCUT2D eigenvalue weighted by Gasteiger charge is 2.26. The lowest BCUT2D eigenvalue weighted by Crippen LogP contribution is -2.38. The lowest BCUT2D eigenvalue weighted by Gasteiger charge is -2.30. The van der Waals surface area contributed by atoms with Gasteiger partial charge in [-0.15, -0.1) is 0 Å². The van der Waals surface area contributed by atoms with Crippen molar-refractivity contribution in [3.8, 4) is 0 Å². The summed E-state index contributed by atoms with van der Waals surface area (Å²) in [6, 6.07) is 0. The van der Waals surface area contributed by atoms with Crippen LogP contribution in [0, 0.1) is 0 Å². The highest BCUT2D eigenvalue weighted by atomic mass is 16.7. The van der Waals surface area contributed by atoms with Crippen molar-refractivity contribution in [1.82, 2.24) is 0 Å². The first kappa shape index (κ1) is 7.98. The van der Waals surface area contributed by atoms with Gasteiger partial charge in [-0.1, -0.05) is 0 Å². The number of ether oxygens (including phenoxy) is 2. The van der Waals surface area contributed by atoms with Gasteiger partial charge < -0.3 is 14.6 Å². The zero-order valence-corrected chi connectivity index (χ0v) is 6.41. The standard InChI is InChI=1S/C7H14O3/c1-5-3-4-6(8)7(9-2)10-5/h5-8H,3-4H2,1-2H3/t5-,6-,7-/m1/s1. The number of hydrogen-bond acceptors (Lipinski definition) is 3. The summed E-state index contributed by atoms with van der Waals surface area (Å²) in [6.45, 7) is 1.98. The minimum absolute atomic E-state index is 0.216. The van der Waals surface area contributed by atoms with Crippen molar-refractivity contribution in [3.05, 3.63) is 0 Å². The molecule has 1 saturated heterocycles. The Morgan fingerprint density at radius 3 is 2.70 bits per heavy atom. The predicted octanol–water partition coefficient (Wildman–Crippen LogP) is 0.519. The fourth-order valence-corrected chi connectivity index (χ4v) is 1.14. The van der Waals surface area contributed by atoms with Crippen molar-refractivity contribution in [3.63, 3.8) is 0 Å². The van der Waals surface area contributed by atoms with E-state index in [1.807, 2.05) is 6.92 Å². The van der Waals surface area contributed by atoms with E-state index in [0.717, 1.165) is 12.8 Å². The molecule has 1 fully saturated rings. The number of methoxy groups -OCH3 is 1. The molecule has 1 heterocycles. The number of rotatable bonds is 1. The Hall–Kier alpha value is -0.120. The van der Waals surface area contributed by atoms with Crippen LogP contribution in [-0.2, 0) is 9.47 Å². The average Bonchev–Trinajstić information content (AvgIpc) is 1.94. The minimum Gasteiger partial charge on any atom is -0.388 e. The molecular formula is C7H14O3. The van der Waals surface area contributed by atoms with E-state index in [4.69, 9.17) is 9.47 Å². The highest BCUT2D eigenvalue weighted by molar-refractivity contribution is 4.69. The first-order chi connectivity index (χ1) is 4.74. The minimum atomic E-state index is -0.443. The molecule has 10 heavy (non-hydrogen) atoms. The Bertz CT molecular complexity index is 105. The fraction of sp³-hybridized carbons (Fsp3) is 1.00. The Labute approximate surface area is 60.9 Å². The summed E-state index contributed by atoms with van der Waals surface area (Å²) in [7, 11) is 1.55. The SMILES string of the molecule is CO[C@@H]1O[C@H](C)CC[C@H]1O. The number of aliphatic hydroxyl groups is 1. The smallest absolute Gasteiger partial charge is 0.183 e. The van der Waals surface area contributed by atoms with E-state index in [9.17, 15) is 5.11 Å². The molecule has 1 aliphatic rings. The summed E-state index contributed by atoms with van der Waals surface area (Å²) in [6.07, 6.45) is 1.05. The first-order valence-corrected chi connectivity index (χ1v) is 3.60. The van der Waals surface area contributed by atoms with Crippen LogP contribution < -0.4 is 0 Å². The van der Waals surface area contributed by atoms with Gasteiger partial charge in [-0.05, 0) is 19.8 Å². The molecule has 0 amide bonds. The van der Waals surface area contributed by atoms with Crippen molar-refractivity contribution in [2.75, 3.05) is 7.11 Å². The van der Waals surface area contributed by atoms with Gasteiger partial charge in [0.15, 0.2) is 6.29 Å². The number of hydrogen-bond donors (Lipinski definition) is 1. The first-order valence-electron chi connectivity index (χ1n) is 3.60. The molecule has 0 aromatic rings. The van der Waals surface area contributed by atoms with Gasteiger partial charge in [-0.25, -0.2) is 0 Å². The molecule has 0 aromatic heterocycles. The van der Waals surface area contributed by atoms with E-state index in [-0.39, 0.29) is 6.10 Å². The van der Waals surface area contributed by atoms with Crippen molar-refractivity contribution >= 4 is 0 Å². The summed E-state index contributed by atoms with van der Waals surface area (Å²) in [5.74, 6) is 0. The molecule has 1 aliphatic heterocycles. The molecule has 0 unspecified atom stereocenters.